The Morgan fingerprint density at radius 3 is 2.38 bits per heavy atom. The van der Waals surface area contributed by atoms with Crippen molar-refractivity contribution in [3.63, 3.8) is 0 Å². The molecule has 1 N–H and O–H groups in total. The first-order valence-electron chi connectivity index (χ1n) is 8.67. The minimum Gasteiger partial charge on any atom is -0.379 e. The van der Waals surface area contributed by atoms with Crippen molar-refractivity contribution in [1.82, 2.24) is 0 Å². The highest BCUT2D eigenvalue weighted by Crippen LogP contribution is 2.35. The molecule has 1 aliphatic rings. The van der Waals surface area contributed by atoms with Crippen LogP contribution >= 0.6 is 0 Å². The summed E-state index contributed by atoms with van der Waals surface area (Å²) in [6, 6.07) is 10.5. The molecule has 0 spiro atoms. The predicted octanol–water partition coefficient (Wildman–Crippen LogP) is 4.77. The number of hydrogen-bond acceptors (Lipinski definition) is 2. The molecule has 0 radical (unpaired) electrons. The summed E-state index contributed by atoms with van der Waals surface area (Å²) < 4.78 is 0. The number of aryl methyl sites for hydroxylation is 4. The van der Waals surface area contributed by atoms with Crippen LogP contribution in [0.25, 0.3) is 0 Å². The van der Waals surface area contributed by atoms with E-state index < -0.39 is 0 Å². The number of carbonyl (C=O) groups excluding carboxylic acids is 1. The fourth-order valence-corrected chi connectivity index (χ4v) is 3.18. The largest absolute Gasteiger partial charge is 0.379 e. The molecular formula is C21H26N2O. The quantitative estimate of drug-likeness (QED) is 0.863. The average Bonchev–Trinajstić information content (AvgIpc) is 2.57. The molecule has 0 bridgehead atoms. The molecule has 0 saturated carbocycles. The zero-order valence-corrected chi connectivity index (χ0v) is 15.2. The van der Waals surface area contributed by atoms with E-state index in [0.717, 1.165) is 28.9 Å². The molecule has 1 unspecified atom stereocenters. The zero-order chi connectivity index (χ0) is 17.4. The molecule has 1 amide bonds. The summed E-state index contributed by atoms with van der Waals surface area (Å²) in [6.07, 6.45) is 0.989. The highest BCUT2D eigenvalue weighted by Gasteiger charge is 2.28. The number of hydrogen-bond donors (Lipinski definition) is 1. The predicted molar refractivity (Wildman–Crippen MR) is 101 cm³/mol. The first-order valence-corrected chi connectivity index (χ1v) is 8.67. The van der Waals surface area contributed by atoms with E-state index in [0.29, 0.717) is 6.54 Å². The fourth-order valence-electron chi connectivity index (χ4n) is 3.18. The molecule has 2 aromatic carbocycles. The van der Waals surface area contributed by atoms with Crippen molar-refractivity contribution in [3.8, 4) is 0 Å². The average molecular weight is 322 g/mol. The number of anilines is 2. The second-order valence-corrected chi connectivity index (χ2v) is 6.92. The molecule has 126 valence electrons. The smallest absolute Gasteiger partial charge is 0.258 e. The third-order valence-corrected chi connectivity index (χ3v) is 5.16. The van der Waals surface area contributed by atoms with Crippen LogP contribution in [0.2, 0.25) is 0 Å². The first kappa shape index (κ1) is 16.6. The van der Waals surface area contributed by atoms with Crippen LogP contribution in [-0.4, -0.2) is 18.5 Å². The van der Waals surface area contributed by atoms with Crippen LogP contribution < -0.4 is 10.2 Å². The lowest BCUT2D eigenvalue weighted by Gasteiger charge is -2.36. The second kappa shape index (κ2) is 6.31. The summed E-state index contributed by atoms with van der Waals surface area (Å²) in [4.78, 5) is 15.1. The van der Waals surface area contributed by atoms with Gasteiger partial charge < -0.3 is 10.2 Å². The number of fused-ring (bicyclic) bond motifs is 1. The molecule has 3 rings (SSSR count). The van der Waals surface area contributed by atoms with Gasteiger partial charge in [0.2, 0.25) is 0 Å². The van der Waals surface area contributed by atoms with Gasteiger partial charge in [-0.3, -0.25) is 4.79 Å². The lowest BCUT2D eigenvalue weighted by molar-refractivity contribution is 0.0984. The fraction of sp³-hybridized carbons (Fsp3) is 0.381. The van der Waals surface area contributed by atoms with E-state index in [-0.39, 0.29) is 11.9 Å². The summed E-state index contributed by atoms with van der Waals surface area (Å²) in [7, 11) is 0. The minimum absolute atomic E-state index is 0.0857. The van der Waals surface area contributed by atoms with Gasteiger partial charge in [-0.1, -0.05) is 13.0 Å². The molecule has 0 saturated heterocycles. The topological polar surface area (TPSA) is 32.3 Å². The van der Waals surface area contributed by atoms with Gasteiger partial charge in [-0.15, -0.1) is 0 Å². The van der Waals surface area contributed by atoms with Gasteiger partial charge in [0.05, 0.1) is 11.4 Å². The van der Waals surface area contributed by atoms with Crippen molar-refractivity contribution in [3.05, 3.63) is 58.1 Å². The first-order chi connectivity index (χ1) is 11.4. The van der Waals surface area contributed by atoms with Gasteiger partial charge in [-0.25, -0.2) is 0 Å². The molecule has 0 aliphatic carbocycles. The van der Waals surface area contributed by atoms with Crippen LogP contribution in [0.3, 0.4) is 0 Å². The Morgan fingerprint density at radius 1 is 1.04 bits per heavy atom. The van der Waals surface area contributed by atoms with Crippen LogP contribution in [0.15, 0.2) is 30.3 Å². The monoisotopic (exact) mass is 322 g/mol. The summed E-state index contributed by atoms with van der Waals surface area (Å²) >= 11 is 0. The maximum absolute atomic E-state index is 13.2. The maximum Gasteiger partial charge on any atom is 0.258 e. The van der Waals surface area contributed by atoms with E-state index in [4.69, 9.17) is 0 Å². The van der Waals surface area contributed by atoms with Crippen molar-refractivity contribution in [2.24, 2.45) is 0 Å². The molecule has 2 aromatic rings. The second-order valence-electron chi connectivity index (χ2n) is 6.92. The van der Waals surface area contributed by atoms with E-state index in [1.54, 1.807) is 0 Å². The van der Waals surface area contributed by atoms with E-state index in [9.17, 15) is 4.79 Å². The number of benzene rings is 2. The normalized spacial score (nSPS) is 16.5. The van der Waals surface area contributed by atoms with Crippen LogP contribution in [-0.2, 0) is 0 Å². The third kappa shape index (κ3) is 2.91. The van der Waals surface area contributed by atoms with Crippen LogP contribution in [0, 0.1) is 27.7 Å². The molecule has 0 fully saturated rings. The number of nitrogens with one attached hydrogen (secondary N) is 1. The lowest BCUT2D eigenvalue weighted by atomic mass is 10.0. The zero-order valence-electron chi connectivity index (χ0n) is 15.2. The SMILES string of the molecule is CCC1CN(C(=O)c2ccc(C)c(C)c2)c2cc(C)c(C)cc2N1. The summed E-state index contributed by atoms with van der Waals surface area (Å²) in [6.45, 7) is 11.2. The van der Waals surface area contributed by atoms with Gasteiger partial charge in [-0.2, -0.15) is 0 Å². The molecule has 1 aliphatic heterocycles. The standard InChI is InChI=1S/C21H26N2O/c1-6-18-12-23(20-11-16(5)15(4)10-19(20)22-18)21(24)17-8-7-13(2)14(3)9-17/h7-11,18,22H,6,12H2,1-5H3. The Bertz CT molecular complexity index is 795. The van der Waals surface area contributed by atoms with Crippen LogP contribution in [0.4, 0.5) is 11.4 Å². The Labute approximate surface area is 144 Å². The van der Waals surface area contributed by atoms with E-state index in [1.165, 1.54) is 16.7 Å². The highest BCUT2D eigenvalue weighted by molar-refractivity contribution is 6.08. The van der Waals surface area contributed by atoms with Gasteiger partial charge in [0.1, 0.15) is 0 Å². The molecule has 3 nitrogen and oxygen atoms in total. The van der Waals surface area contributed by atoms with E-state index in [1.807, 2.05) is 23.1 Å². The van der Waals surface area contributed by atoms with Crippen molar-refractivity contribution >= 4 is 17.3 Å². The Kier molecular flexibility index (Phi) is 4.35. The van der Waals surface area contributed by atoms with Crippen molar-refractivity contribution in [2.45, 2.75) is 47.1 Å². The maximum atomic E-state index is 13.2. The molecule has 1 atom stereocenters. The minimum atomic E-state index is 0.0857. The Morgan fingerprint density at radius 2 is 1.71 bits per heavy atom. The molecule has 3 heteroatoms. The summed E-state index contributed by atoms with van der Waals surface area (Å²) in [5.41, 5.74) is 7.65. The van der Waals surface area contributed by atoms with Gasteiger partial charge >= 0.3 is 0 Å². The lowest BCUT2D eigenvalue weighted by Crippen LogP contribution is -2.44. The van der Waals surface area contributed by atoms with Crippen LogP contribution in [0.1, 0.15) is 46.0 Å². The molecule has 0 aromatic heterocycles. The van der Waals surface area contributed by atoms with E-state index >= 15 is 0 Å². The van der Waals surface area contributed by atoms with Crippen molar-refractivity contribution < 1.29 is 4.79 Å². The van der Waals surface area contributed by atoms with E-state index in [2.05, 4.69) is 52.1 Å². The van der Waals surface area contributed by atoms with Gasteiger partial charge in [0.15, 0.2) is 0 Å². The highest BCUT2D eigenvalue weighted by atomic mass is 16.2. The van der Waals surface area contributed by atoms with Crippen molar-refractivity contribution in [2.75, 3.05) is 16.8 Å². The number of carbonyl (C=O) groups is 1. The van der Waals surface area contributed by atoms with Gasteiger partial charge in [0, 0.05) is 18.2 Å². The van der Waals surface area contributed by atoms with Gasteiger partial charge in [-0.05, 0) is 80.6 Å². The number of nitrogens with zero attached hydrogens (tertiary/aromatic N) is 1. The van der Waals surface area contributed by atoms with Crippen molar-refractivity contribution in [1.29, 1.82) is 0 Å². The number of amides is 1. The van der Waals surface area contributed by atoms with Crippen LogP contribution in [0.5, 0.6) is 0 Å². The van der Waals surface area contributed by atoms with Gasteiger partial charge in [0.25, 0.3) is 5.91 Å². The molecule has 24 heavy (non-hydrogen) atoms. The summed E-state index contributed by atoms with van der Waals surface area (Å²) in [5.74, 6) is 0.0857. The number of rotatable bonds is 2. The molecule has 1 heterocycles. The Hall–Kier alpha value is -2.29. The Balaban J connectivity index is 2.04. The molecular weight excluding hydrogens is 296 g/mol. The summed E-state index contributed by atoms with van der Waals surface area (Å²) in [5, 5.41) is 3.58. The third-order valence-electron chi connectivity index (χ3n) is 5.16.